The molecule has 0 heterocycles. The first-order chi connectivity index (χ1) is 12.3. The number of hydrogen-bond acceptors (Lipinski definition) is 4. The molecule has 0 saturated carbocycles. The van der Waals surface area contributed by atoms with Gasteiger partial charge in [-0.25, -0.2) is 0 Å². The van der Waals surface area contributed by atoms with Gasteiger partial charge in [0, 0.05) is 19.2 Å². The molecule has 2 aromatic rings. The van der Waals surface area contributed by atoms with E-state index in [2.05, 4.69) is 4.74 Å². The number of alkyl halides is 2. The maximum atomic E-state index is 12.4. The third kappa shape index (κ3) is 5.73. The lowest BCUT2D eigenvalue weighted by Crippen LogP contribution is -2.26. The Bertz CT molecular complexity index is 749. The van der Waals surface area contributed by atoms with E-state index in [1.54, 1.807) is 43.4 Å². The number of carbonyl (C=O) groups excluding carboxylic acids is 2. The van der Waals surface area contributed by atoms with E-state index in [1.807, 2.05) is 0 Å². The molecule has 0 aliphatic heterocycles. The number of rotatable bonds is 8. The van der Waals surface area contributed by atoms with Crippen LogP contribution in [0.3, 0.4) is 0 Å². The molecule has 0 aromatic heterocycles. The number of halogens is 2. The second-order valence-electron chi connectivity index (χ2n) is 5.46. The van der Waals surface area contributed by atoms with E-state index < -0.39 is 12.5 Å². The Hall–Kier alpha value is -3.16. The third-order valence-electron chi connectivity index (χ3n) is 3.40. The average Bonchev–Trinajstić information content (AvgIpc) is 2.61. The van der Waals surface area contributed by atoms with Crippen LogP contribution in [0.15, 0.2) is 48.5 Å². The number of benzene rings is 2. The number of nitrogens with zero attached hydrogens (tertiary/aromatic N) is 1. The zero-order valence-corrected chi connectivity index (χ0v) is 14.0. The van der Waals surface area contributed by atoms with Crippen LogP contribution < -0.4 is 15.2 Å². The molecule has 0 bridgehead atoms. The van der Waals surface area contributed by atoms with Gasteiger partial charge in [0.15, 0.2) is 6.61 Å². The highest BCUT2D eigenvalue weighted by Gasteiger charge is 2.13. The predicted molar refractivity (Wildman–Crippen MR) is 90.0 cm³/mol. The van der Waals surface area contributed by atoms with E-state index in [4.69, 9.17) is 10.5 Å². The molecule has 0 saturated heterocycles. The van der Waals surface area contributed by atoms with Crippen molar-refractivity contribution >= 4 is 11.8 Å². The van der Waals surface area contributed by atoms with Gasteiger partial charge in [-0.1, -0.05) is 12.1 Å². The molecule has 0 fully saturated rings. The van der Waals surface area contributed by atoms with E-state index in [9.17, 15) is 18.4 Å². The number of amides is 2. The molecule has 2 rings (SSSR count). The smallest absolute Gasteiger partial charge is 0.387 e. The molecular formula is C18H18F2N2O4. The highest BCUT2D eigenvalue weighted by atomic mass is 19.3. The van der Waals surface area contributed by atoms with E-state index in [0.29, 0.717) is 17.9 Å². The van der Waals surface area contributed by atoms with Crippen LogP contribution in [0, 0.1) is 0 Å². The summed E-state index contributed by atoms with van der Waals surface area (Å²) in [5, 5.41) is 0. The van der Waals surface area contributed by atoms with Crippen LogP contribution in [0.25, 0.3) is 0 Å². The summed E-state index contributed by atoms with van der Waals surface area (Å²) >= 11 is 0. The predicted octanol–water partition coefficient (Wildman–Crippen LogP) is 2.42. The van der Waals surface area contributed by atoms with Crippen molar-refractivity contribution in [2.75, 3.05) is 13.7 Å². The normalized spacial score (nSPS) is 10.5. The van der Waals surface area contributed by atoms with Gasteiger partial charge in [-0.05, 0) is 42.0 Å². The quantitative estimate of drug-likeness (QED) is 0.780. The average molecular weight is 364 g/mol. The van der Waals surface area contributed by atoms with Crippen LogP contribution in [0.4, 0.5) is 8.78 Å². The maximum Gasteiger partial charge on any atom is 0.387 e. The fourth-order valence-electron chi connectivity index (χ4n) is 2.19. The van der Waals surface area contributed by atoms with E-state index >= 15 is 0 Å². The van der Waals surface area contributed by atoms with Crippen molar-refractivity contribution in [2.45, 2.75) is 13.2 Å². The number of hydrogen-bond donors (Lipinski definition) is 1. The Kier molecular flexibility index (Phi) is 6.48. The maximum absolute atomic E-state index is 12.4. The summed E-state index contributed by atoms with van der Waals surface area (Å²) in [5.41, 5.74) is 6.20. The van der Waals surface area contributed by atoms with Crippen molar-refractivity contribution in [1.29, 1.82) is 0 Å². The lowest BCUT2D eigenvalue weighted by atomic mass is 10.1. The Morgan fingerprint density at radius 1 is 1.04 bits per heavy atom. The summed E-state index contributed by atoms with van der Waals surface area (Å²) in [6.07, 6.45) is 0. The van der Waals surface area contributed by atoms with Gasteiger partial charge < -0.3 is 20.1 Å². The monoisotopic (exact) mass is 364 g/mol. The van der Waals surface area contributed by atoms with E-state index in [-0.39, 0.29) is 18.3 Å². The molecule has 0 radical (unpaired) electrons. The van der Waals surface area contributed by atoms with Gasteiger partial charge in [0.05, 0.1) is 0 Å². The zero-order valence-electron chi connectivity index (χ0n) is 14.0. The minimum atomic E-state index is -2.87. The first-order valence-electron chi connectivity index (χ1n) is 7.65. The highest BCUT2D eigenvalue weighted by Crippen LogP contribution is 2.17. The van der Waals surface area contributed by atoms with Crippen molar-refractivity contribution in [2.24, 2.45) is 5.73 Å². The van der Waals surface area contributed by atoms with Crippen LogP contribution in [-0.2, 0) is 11.3 Å². The number of nitrogens with two attached hydrogens (primary N) is 1. The SMILES string of the molecule is CN(Cc1ccc(OC(F)F)cc1)C(=O)c1ccc(OCC(N)=O)cc1. The van der Waals surface area contributed by atoms with Gasteiger partial charge in [-0.15, -0.1) is 0 Å². The van der Waals surface area contributed by atoms with Crippen LogP contribution in [0.5, 0.6) is 11.5 Å². The van der Waals surface area contributed by atoms with Crippen LogP contribution >= 0.6 is 0 Å². The van der Waals surface area contributed by atoms with Crippen molar-refractivity contribution in [1.82, 2.24) is 4.90 Å². The van der Waals surface area contributed by atoms with Crippen molar-refractivity contribution in [3.05, 3.63) is 59.7 Å². The summed E-state index contributed by atoms with van der Waals surface area (Å²) < 4.78 is 33.7. The molecule has 0 unspecified atom stereocenters. The molecule has 2 N–H and O–H groups in total. The van der Waals surface area contributed by atoms with Gasteiger partial charge in [-0.2, -0.15) is 8.78 Å². The molecule has 0 aliphatic carbocycles. The Morgan fingerprint density at radius 2 is 1.62 bits per heavy atom. The van der Waals surface area contributed by atoms with Gasteiger partial charge >= 0.3 is 6.61 Å². The summed E-state index contributed by atoms with van der Waals surface area (Å²) in [7, 11) is 1.63. The standard InChI is InChI=1S/C18H18F2N2O4/c1-22(10-12-2-6-15(7-3-12)26-18(19)20)17(24)13-4-8-14(9-5-13)25-11-16(21)23/h2-9,18H,10-11H2,1H3,(H2,21,23). The highest BCUT2D eigenvalue weighted by molar-refractivity contribution is 5.94. The first-order valence-corrected chi connectivity index (χ1v) is 7.65. The fourth-order valence-corrected chi connectivity index (χ4v) is 2.19. The number of ether oxygens (including phenoxy) is 2. The Morgan fingerprint density at radius 3 is 2.15 bits per heavy atom. The zero-order chi connectivity index (χ0) is 19.1. The topological polar surface area (TPSA) is 81.9 Å². The summed E-state index contributed by atoms with van der Waals surface area (Å²) in [4.78, 5) is 24.6. The second-order valence-corrected chi connectivity index (χ2v) is 5.46. The molecule has 0 aliphatic rings. The van der Waals surface area contributed by atoms with Crippen LogP contribution in [0.1, 0.15) is 15.9 Å². The van der Waals surface area contributed by atoms with Crippen molar-refractivity contribution < 1.29 is 27.8 Å². The molecule has 8 heteroatoms. The summed E-state index contributed by atoms with van der Waals surface area (Å²) in [5.74, 6) is -0.323. The van der Waals surface area contributed by atoms with Crippen molar-refractivity contribution in [3.8, 4) is 11.5 Å². The van der Waals surface area contributed by atoms with Gasteiger partial charge in [0.1, 0.15) is 11.5 Å². The van der Waals surface area contributed by atoms with Crippen LogP contribution in [-0.4, -0.2) is 37.0 Å². The number of carbonyl (C=O) groups is 2. The Labute approximate surface area is 149 Å². The molecule has 2 amide bonds. The molecule has 0 spiro atoms. The summed E-state index contributed by atoms with van der Waals surface area (Å²) in [6.45, 7) is -2.81. The summed E-state index contributed by atoms with van der Waals surface area (Å²) in [6, 6.07) is 12.4. The van der Waals surface area contributed by atoms with Gasteiger partial charge in [0.2, 0.25) is 0 Å². The second kappa shape index (κ2) is 8.80. The first kappa shape index (κ1) is 19.2. The fraction of sp³-hybridized carbons (Fsp3) is 0.222. The molecule has 0 atom stereocenters. The minimum Gasteiger partial charge on any atom is -0.484 e. The van der Waals surface area contributed by atoms with Gasteiger partial charge in [-0.3, -0.25) is 9.59 Å². The van der Waals surface area contributed by atoms with E-state index in [0.717, 1.165) is 5.56 Å². The lowest BCUT2D eigenvalue weighted by molar-refractivity contribution is -0.119. The number of primary amides is 1. The molecule has 6 nitrogen and oxygen atoms in total. The molecule has 26 heavy (non-hydrogen) atoms. The third-order valence-corrected chi connectivity index (χ3v) is 3.40. The Balaban J connectivity index is 1.95. The molecular weight excluding hydrogens is 346 g/mol. The lowest BCUT2D eigenvalue weighted by Gasteiger charge is -2.18. The minimum absolute atomic E-state index is 0.0595. The molecule has 138 valence electrons. The van der Waals surface area contributed by atoms with E-state index in [1.165, 1.54) is 17.0 Å². The molecule has 2 aromatic carbocycles. The van der Waals surface area contributed by atoms with Crippen molar-refractivity contribution in [3.63, 3.8) is 0 Å². The largest absolute Gasteiger partial charge is 0.484 e. The van der Waals surface area contributed by atoms with Gasteiger partial charge in [0.25, 0.3) is 11.8 Å². The van der Waals surface area contributed by atoms with Crippen LogP contribution in [0.2, 0.25) is 0 Å².